The second-order valence-electron chi connectivity index (χ2n) is 10.6. The lowest BCUT2D eigenvalue weighted by atomic mass is 10.0. The summed E-state index contributed by atoms with van der Waals surface area (Å²) in [5, 5.41) is 9.67. The Bertz CT molecular complexity index is 1230. The maximum atomic E-state index is 12.9. The van der Waals surface area contributed by atoms with E-state index in [2.05, 4.69) is 16.0 Å². The number of hydrogen-bond acceptors (Lipinski definition) is 9. The maximum absolute atomic E-state index is 12.9. The predicted octanol–water partition coefficient (Wildman–Crippen LogP) is 3.25. The molecule has 0 saturated carbocycles. The van der Waals surface area contributed by atoms with Crippen molar-refractivity contribution in [1.29, 1.82) is 5.26 Å². The highest BCUT2D eigenvalue weighted by Gasteiger charge is 2.36. The number of anilines is 1. The Morgan fingerprint density at radius 2 is 1.90 bits per heavy atom. The fraction of sp³-hybridized carbons (Fsp3) is 0.519. The number of hydrogen-bond donors (Lipinski definition) is 0. The molecule has 2 aromatic rings. The molecule has 12 heteroatoms. The van der Waals surface area contributed by atoms with Crippen molar-refractivity contribution in [3.8, 4) is 6.07 Å². The molecule has 11 nitrogen and oxygen atoms in total. The zero-order valence-electron chi connectivity index (χ0n) is 22.8. The SMILES string of the molecule is C[S+]([O-])c1nc2c(c(N3CCN(C(=O)OCc4ccccc4)[C@@H](CC#N)C3)n1)CCN(C(=O)OC(C)(C)C)C2. The van der Waals surface area contributed by atoms with Crippen LogP contribution in [0.3, 0.4) is 0 Å². The fourth-order valence-corrected chi connectivity index (χ4v) is 5.09. The van der Waals surface area contributed by atoms with E-state index in [-0.39, 0.29) is 24.7 Å². The monoisotopic (exact) mass is 554 g/mol. The first-order valence-electron chi connectivity index (χ1n) is 12.9. The Labute approximate surface area is 231 Å². The number of rotatable bonds is 5. The summed E-state index contributed by atoms with van der Waals surface area (Å²) in [7, 11) is 0. The number of amides is 2. The molecule has 0 spiro atoms. The summed E-state index contributed by atoms with van der Waals surface area (Å²) in [5.41, 5.74) is 1.76. The smallest absolute Gasteiger partial charge is 0.410 e. The molecule has 208 valence electrons. The van der Waals surface area contributed by atoms with E-state index in [4.69, 9.17) is 9.47 Å². The number of carbonyl (C=O) groups excluding carboxylic acids is 2. The lowest BCUT2D eigenvalue weighted by molar-refractivity contribution is 0.0220. The van der Waals surface area contributed by atoms with E-state index in [1.807, 2.05) is 56.0 Å². The number of aromatic nitrogens is 2. The van der Waals surface area contributed by atoms with Gasteiger partial charge in [0.15, 0.2) is 0 Å². The van der Waals surface area contributed by atoms with E-state index in [0.29, 0.717) is 44.1 Å². The number of carbonyl (C=O) groups is 2. The van der Waals surface area contributed by atoms with E-state index in [1.165, 1.54) is 6.26 Å². The summed E-state index contributed by atoms with van der Waals surface area (Å²) < 4.78 is 23.5. The van der Waals surface area contributed by atoms with Crippen LogP contribution in [0.2, 0.25) is 0 Å². The van der Waals surface area contributed by atoms with Gasteiger partial charge in [0, 0.05) is 42.9 Å². The van der Waals surface area contributed by atoms with Crippen molar-refractivity contribution in [3.05, 3.63) is 47.2 Å². The highest BCUT2D eigenvalue weighted by Crippen LogP contribution is 2.30. The second kappa shape index (κ2) is 12.1. The zero-order valence-corrected chi connectivity index (χ0v) is 23.6. The van der Waals surface area contributed by atoms with Gasteiger partial charge in [-0.2, -0.15) is 15.2 Å². The summed E-state index contributed by atoms with van der Waals surface area (Å²) >= 11 is -1.45. The van der Waals surface area contributed by atoms with Crippen LogP contribution in [-0.4, -0.2) is 80.6 Å². The number of nitrogens with zero attached hydrogens (tertiary/aromatic N) is 6. The van der Waals surface area contributed by atoms with Crippen molar-refractivity contribution in [1.82, 2.24) is 19.8 Å². The van der Waals surface area contributed by atoms with Crippen molar-refractivity contribution in [2.45, 2.75) is 63.6 Å². The van der Waals surface area contributed by atoms with Gasteiger partial charge >= 0.3 is 17.3 Å². The molecule has 4 rings (SSSR count). The molecule has 0 bridgehead atoms. The highest BCUT2D eigenvalue weighted by molar-refractivity contribution is 7.90. The lowest BCUT2D eigenvalue weighted by Gasteiger charge is -2.41. The summed E-state index contributed by atoms with van der Waals surface area (Å²) in [4.78, 5) is 40.0. The van der Waals surface area contributed by atoms with Crippen LogP contribution in [0, 0.1) is 11.3 Å². The Morgan fingerprint density at radius 1 is 1.15 bits per heavy atom. The van der Waals surface area contributed by atoms with E-state index in [9.17, 15) is 19.4 Å². The first kappa shape index (κ1) is 28.4. The third kappa shape index (κ3) is 7.10. The first-order chi connectivity index (χ1) is 18.6. The minimum absolute atomic E-state index is 0.128. The van der Waals surface area contributed by atoms with Crippen LogP contribution in [0.5, 0.6) is 0 Å². The number of piperazine rings is 1. The van der Waals surface area contributed by atoms with Crippen LogP contribution < -0.4 is 4.90 Å². The molecule has 2 aliphatic heterocycles. The van der Waals surface area contributed by atoms with Crippen molar-refractivity contribution in [2.24, 2.45) is 0 Å². The number of benzene rings is 1. The average Bonchev–Trinajstić information content (AvgIpc) is 2.90. The van der Waals surface area contributed by atoms with Crippen molar-refractivity contribution < 1.29 is 23.6 Å². The third-order valence-corrected chi connectivity index (χ3v) is 7.18. The van der Waals surface area contributed by atoms with Crippen molar-refractivity contribution in [2.75, 3.05) is 37.3 Å². The largest absolute Gasteiger partial charge is 0.609 e. The molecule has 2 amide bonds. The van der Waals surface area contributed by atoms with Crippen LogP contribution >= 0.6 is 0 Å². The van der Waals surface area contributed by atoms with Crippen LogP contribution in [0.25, 0.3) is 0 Å². The van der Waals surface area contributed by atoms with Gasteiger partial charge in [-0.15, -0.1) is 0 Å². The van der Waals surface area contributed by atoms with Gasteiger partial charge in [-0.25, -0.2) is 9.59 Å². The topological polar surface area (TPSA) is 135 Å². The molecule has 0 radical (unpaired) electrons. The maximum Gasteiger partial charge on any atom is 0.410 e. The average molecular weight is 555 g/mol. The zero-order chi connectivity index (χ0) is 28.2. The predicted molar refractivity (Wildman–Crippen MR) is 144 cm³/mol. The van der Waals surface area contributed by atoms with Gasteiger partial charge in [-0.05, 0) is 32.8 Å². The summed E-state index contributed by atoms with van der Waals surface area (Å²) in [5.74, 6) is 0.634. The van der Waals surface area contributed by atoms with Crippen LogP contribution in [0.4, 0.5) is 15.4 Å². The van der Waals surface area contributed by atoms with Crippen molar-refractivity contribution >= 4 is 29.2 Å². The Morgan fingerprint density at radius 3 is 2.56 bits per heavy atom. The molecule has 39 heavy (non-hydrogen) atoms. The summed E-state index contributed by atoms with van der Waals surface area (Å²) in [6, 6.07) is 11.2. The van der Waals surface area contributed by atoms with Gasteiger partial charge in [0.05, 0.1) is 30.8 Å². The van der Waals surface area contributed by atoms with E-state index in [1.54, 1.807) is 9.80 Å². The first-order valence-corrected chi connectivity index (χ1v) is 14.4. The van der Waals surface area contributed by atoms with E-state index >= 15 is 0 Å². The second-order valence-corrected chi connectivity index (χ2v) is 11.8. The van der Waals surface area contributed by atoms with Gasteiger partial charge in [0.2, 0.25) is 0 Å². The molecular formula is C27H34N6O5S. The minimum atomic E-state index is -1.45. The molecule has 1 unspecified atom stereocenters. The molecule has 1 fully saturated rings. The number of fused-ring (bicyclic) bond motifs is 1. The Hall–Kier alpha value is -3.56. The van der Waals surface area contributed by atoms with E-state index < -0.39 is 35.0 Å². The van der Waals surface area contributed by atoms with Gasteiger partial charge in [0.1, 0.15) is 24.3 Å². The van der Waals surface area contributed by atoms with Crippen molar-refractivity contribution in [3.63, 3.8) is 0 Å². The minimum Gasteiger partial charge on any atom is -0.609 e. The van der Waals surface area contributed by atoms with Crippen LogP contribution in [0.1, 0.15) is 44.0 Å². The molecule has 0 N–H and O–H groups in total. The quantitative estimate of drug-likeness (QED) is 0.403. The molecular weight excluding hydrogens is 520 g/mol. The fourth-order valence-electron chi connectivity index (χ4n) is 4.63. The van der Waals surface area contributed by atoms with Gasteiger partial charge in [0.25, 0.3) is 0 Å². The molecule has 1 aromatic carbocycles. The van der Waals surface area contributed by atoms with Gasteiger partial charge in [-0.3, -0.25) is 0 Å². The molecule has 3 heterocycles. The Balaban J connectivity index is 1.53. The highest BCUT2D eigenvalue weighted by atomic mass is 32.2. The van der Waals surface area contributed by atoms with Gasteiger partial charge in [-0.1, -0.05) is 30.3 Å². The summed E-state index contributed by atoms with van der Waals surface area (Å²) in [6.07, 6.45) is 1.25. The molecule has 2 atom stereocenters. The standard InChI is InChI=1S/C27H34N6O5S/c1-27(2,3)38-25(34)32-13-11-21-22(17-32)29-24(39(4)36)30-23(21)31-14-15-33(20(16-31)10-12-28)26(35)37-18-19-8-6-5-7-9-19/h5-9,20H,10-11,13-18H2,1-4H3/t20-,39?/m0/s1. The number of ether oxygens (including phenoxy) is 2. The third-order valence-electron chi connectivity index (χ3n) is 6.48. The number of nitriles is 1. The van der Waals surface area contributed by atoms with Crippen LogP contribution in [0.15, 0.2) is 35.5 Å². The van der Waals surface area contributed by atoms with E-state index in [0.717, 1.165) is 11.1 Å². The molecule has 1 aromatic heterocycles. The Kier molecular flexibility index (Phi) is 8.82. The van der Waals surface area contributed by atoms with Crippen LogP contribution in [-0.2, 0) is 40.2 Å². The summed E-state index contributed by atoms with van der Waals surface area (Å²) in [6.45, 7) is 7.41. The molecule has 2 aliphatic rings. The lowest BCUT2D eigenvalue weighted by Crippen LogP contribution is -2.56. The normalized spacial score (nSPS) is 18.2. The molecule has 0 aliphatic carbocycles. The van der Waals surface area contributed by atoms with Gasteiger partial charge < -0.3 is 28.7 Å². The molecule has 1 saturated heterocycles.